The fraction of sp³-hybridized carbons (Fsp3) is 0.406. The summed E-state index contributed by atoms with van der Waals surface area (Å²) in [6.45, 7) is 23.1. The first-order valence-electron chi connectivity index (χ1n) is 25.5. The van der Waals surface area contributed by atoms with Crippen molar-refractivity contribution < 1.29 is 0 Å². The van der Waals surface area contributed by atoms with Gasteiger partial charge in [-0.2, -0.15) is 0 Å². The molecule has 2 saturated carbocycles. The Bertz CT molecular complexity index is 2550. The van der Waals surface area contributed by atoms with Gasteiger partial charge in [0.1, 0.15) is 0 Å². The average molecular weight is 871 g/mol. The zero-order valence-corrected chi connectivity index (χ0v) is 41.8. The van der Waals surface area contributed by atoms with E-state index < -0.39 is 0 Å². The normalized spacial score (nSPS) is 15.5. The number of fused-ring (bicyclic) bond motifs is 2. The standard InChI is InChI=1S/C64H74N2/c1-43(2)45-21-31-53(32-22-45)65(55-35-25-49(26-36-55)47-17-13-11-14-18-47)61-57-39-29-52(64(8,9)10)42-60(57)62(58-40-30-51(41-59(58)61)63(5,6)7)66(54-33-23-46(24-34-54)44(3)4)56-37-27-50(28-38-56)48-19-15-12-16-20-48/h21-29,31-39,41-44,47-48H,11-20H2,1-10H3. The Morgan fingerprint density at radius 1 is 0.424 bits per heavy atom. The predicted molar refractivity (Wildman–Crippen MR) is 286 cm³/mol. The minimum atomic E-state index is -0.139. The van der Waals surface area contributed by atoms with E-state index in [0.29, 0.717) is 23.7 Å². The topological polar surface area (TPSA) is 6.48 Å². The van der Waals surface area contributed by atoms with Crippen molar-refractivity contribution in [1.82, 2.24) is 0 Å². The molecule has 0 N–H and O–H groups in total. The monoisotopic (exact) mass is 871 g/mol. The summed E-state index contributed by atoms with van der Waals surface area (Å²) in [7, 11) is 0. The van der Waals surface area contributed by atoms with Crippen molar-refractivity contribution in [3.63, 3.8) is 0 Å². The highest BCUT2D eigenvalue weighted by Crippen LogP contribution is 2.52. The lowest BCUT2D eigenvalue weighted by molar-refractivity contribution is 0.443. The lowest BCUT2D eigenvalue weighted by Crippen LogP contribution is -2.17. The van der Waals surface area contributed by atoms with Crippen molar-refractivity contribution in [3.8, 4) is 0 Å². The number of hydrogen-bond acceptors (Lipinski definition) is 2. The van der Waals surface area contributed by atoms with Gasteiger partial charge in [0.25, 0.3) is 0 Å². The third kappa shape index (κ3) is 9.26. The molecule has 66 heavy (non-hydrogen) atoms. The number of nitrogens with zero attached hydrogens (tertiary/aromatic N) is 2. The molecule has 7 aromatic carbocycles. The first kappa shape index (κ1) is 45.6. The van der Waals surface area contributed by atoms with Gasteiger partial charge in [0.2, 0.25) is 0 Å². The Morgan fingerprint density at radius 3 is 1.26 bits per heavy atom. The third-order valence-electron chi connectivity index (χ3n) is 15.1. The van der Waals surface area contributed by atoms with E-state index in [4.69, 9.17) is 0 Å². The molecule has 0 radical (unpaired) electrons. The van der Waals surface area contributed by atoms with Crippen LogP contribution in [0.1, 0.15) is 190 Å². The van der Waals surface area contributed by atoms with Crippen molar-refractivity contribution in [2.45, 2.75) is 168 Å². The summed E-state index contributed by atoms with van der Waals surface area (Å²) < 4.78 is 0. The first-order chi connectivity index (χ1) is 31.7. The van der Waals surface area contributed by atoms with Gasteiger partial charge in [0.05, 0.1) is 16.8 Å². The SMILES string of the molecule is CC(C)c1ccc(N(c2ccc(C3CCCCC3)cc2)c2c3c#cc(C(C)(C)C)cc3c(N(c3ccc(C(C)C)cc3)c3ccc(C4CCCCC4)cc3)c3ccc(C(C)(C)C)cc23)cc1. The number of hydrogen-bond donors (Lipinski definition) is 0. The molecular formula is C64H74N2. The molecule has 0 unspecified atom stereocenters. The summed E-state index contributed by atoms with van der Waals surface area (Å²) in [6.07, 6.45) is 13.2. The smallest absolute Gasteiger partial charge is 0.0704 e. The quantitative estimate of drug-likeness (QED) is 0.126. The summed E-state index contributed by atoms with van der Waals surface area (Å²) in [6, 6.07) is 55.5. The highest BCUT2D eigenvalue weighted by molar-refractivity contribution is 6.23. The predicted octanol–water partition coefficient (Wildman–Crippen LogP) is 19.5. The van der Waals surface area contributed by atoms with Gasteiger partial charge in [-0.1, -0.05) is 181 Å². The second-order valence-corrected chi connectivity index (χ2v) is 22.6. The Morgan fingerprint density at radius 2 is 0.848 bits per heavy atom. The van der Waals surface area contributed by atoms with Crippen LogP contribution in [-0.2, 0) is 10.8 Å². The number of benzene rings is 6. The zero-order valence-electron chi connectivity index (χ0n) is 41.8. The largest absolute Gasteiger partial charge is 0.309 e. The van der Waals surface area contributed by atoms with Gasteiger partial charge >= 0.3 is 0 Å². The van der Waals surface area contributed by atoms with Gasteiger partial charge in [0.15, 0.2) is 0 Å². The molecule has 2 heteroatoms. The first-order valence-corrected chi connectivity index (χ1v) is 25.5. The molecule has 2 aliphatic carbocycles. The molecule has 340 valence electrons. The molecule has 2 fully saturated rings. The van der Waals surface area contributed by atoms with E-state index in [1.54, 1.807) is 0 Å². The van der Waals surface area contributed by atoms with Gasteiger partial charge in [-0.15, -0.1) is 0 Å². The van der Waals surface area contributed by atoms with Crippen LogP contribution >= 0.6 is 0 Å². The van der Waals surface area contributed by atoms with Gasteiger partial charge in [0, 0.05) is 44.5 Å². The van der Waals surface area contributed by atoms with Crippen LogP contribution in [0.3, 0.4) is 0 Å². The van der Waals surface area contributed by atoms with Crippen molar-refractivity contribution >= 4 is 55.7 Å². The highest BCUT2D eigenvalue weighted by Gasteiger charge is 2.29. The molecule has 2 nitrogen and oxygen atoms in total. The maximum atomic E-state index is 3.94. The highest BCUT2D eigenvalue weighted by atomic mass is 15.2. The Balaban J connectivity index is 1.37. The molecule has 0 saturated heterocycles. The van der Waals surface area contributed by atoms with Crippen LogP contribution in [0, 0.1) is 12.1 Å². The average Bonchev–Trinajstić information content (AvgIpc) is 3.32. The van der Waals surface area contributed by atoms with Crippen LogP contribution < -0.4 is 9.80 Å². The molecule has 0 spiro atoms. The van der Waals surface area contributed by atoms with Crippen molar-refractivity contribution in [2.75, 3.05) is 9.80 Å². The zero-order chi connectivity index (χ0) is 46.3. The molecule has 0 bridgehead atoms. The van der Waals surface area contributed by atoms with Crippen molar-refractivity contribution in [3.05, 3.63) is 167 Å². The van der Waals surface area contributed by atoms with E-state index in [2.05, 4.69) is 212 Å². The Hall–Kier alpha value is -5.52. The van der Waals surface area contributed by atoms with Gasteiger partial charge in [-0.3, -0.25) is 0 Å². The van der Waals surface area contributed by atoms with Crippen LogP contribution in [-0.4, -0.2) is 0 Å². The summed E-state index contributed by atoms with van der Waals surface area (Å²) in [5, 5.41) is 4.68. The summed E-state index contributed by atoms with van der Waals surface area (Å²) in [4.78, 5) is 5.10. The van der Waals surface area contributed by atoms with E-state index in [1.807, 2.05) is 0 Å². The minimum absolute atomic E-state index is 0.0702. The van der Waals surface area contributed by atoms with Crippen LogP contribution in [0.15, 0.2) is 121 Å². The second-order valence-electron chi connectivity index (χ2n) is 22.6. The molecule has 7 aromatic rings. The summed E-state index contributed by atoms with van der Waals surface area (Å²) in [5.41, 5.74) is 14.9. The third-order valence-corrected chi connectivity index (χ3v) is 15.1. The second kappa shape index (κ2) is 18.6. The van der Waals surface area contributed by atoms with E-state index >= 15 is 0 Å². The van der Waals surface area contributed by atoms with Gasteiger partial charge in [-0.05, 0) is 149 Å². The Kier molecular flexibility index (Phi) is 12.9. The fourth-order valence-corrected chi connectivity index (χ4v) is 10.9. The molecule has 0 atom stereocenters. The van der Waals surface area contributed by atoms with Crippen LogP contribution in [0.5, 0.6) is 0 Å². The molecule has 0 aromatic heterocycles. The van der Waals surface area contributed by atoms with E-state index in [-0.39, 0.29) is 10.8 Å². The van der Waals surface area contributed by atoms with Crippen LogP contribution in [0.25, 0.3) is 21.5 Å². The lowest BCUT2D eigenvalue weighted by Gasteiger charge is -2.34. The van der Waals surface area contributed by atoms with Crippen molar-refractivity contribution in [2.24, 2.45) is 0 Å². The van der Waals surface area contributed by atoms with Crippen molar-refractivity contribution in [1.29, 1.82) is 0 Å². The molecule has 0 aliphatic heterocycles. The molecule has 0 heterocycles. The van der Waals surface area contributed by atoms with E-state index in [0.717, 1.165) is 33.7 Å². The minimum Gasteiger partial charge on any atom is -0.309 e. The summed E-state index contributed by atoms with van der Waals surface area (Å²) in [5.74, 6) is 2.16. The molecule has 9 rings (SSSR count). The molecule has 0 amide bonds. The number of rotatable bonds is 10. The number of anilines is 6. The maximum Gasteiger partial charge on any atom is 0.0704 e. The van der Waals surface area contributed by atoms with Crippen LogP contribution in [0.2, 0.25) is 0 Å². The van der Waals surface area contributed by atoms with Gasteiger partial charge < -0.3 is 9.80 Å². The van der Waals surface area contributed by atoms with E-state index in [9.17, 15) is 0 Å². The van der Waals surface area contributed by atoms with Crippen LogP contribution in [0.4, 0.5) is 34.1 Å². The van der Waals surface area contributed by atoms with Gasteiger partial charge in [-0.25, -0.2) is 0 Å². The molecular weight excluding hydrogens is 797 g/mol. The Labute approximate surface area is 398 Å². The summed E-state index contributed by atoms with van der Waals surface area (Å²) >= 11 is 0. The fourth-order valence-electron chi connectivity index (χ4n) is 10.9. The molecule has 2 aliphatic rings. The maximum absolute atomic E-state index is 3.94. The van der Waals surface area contributed by atoms with E-state index in [1.165, 1.54) is 120 Å². The lowest BCUT2D eigenvalue weighted by atomic mass is 9.83.